The number of amides is 1. The molecule has 1 amide bonds. The second-order valence-electron chi connectivity index (χ2n) is 6.86. The van der Waals surface area contributed by atoms with Gasteiger partial charge in [0.15, 0.2) is 15.0 Å². The van der Waals surface area contributed by atoms with Crippen molar-refractivity contribution in [3.05, 3.63) is 0 Å². The summed E-state index contributed by atoms with van der Waals surface area (Å²) in [4.78, 5) is 17.8. The van der Waals surface area contributed by atoms with E-state index >= 15 is 0 Å². The number of hydrogen-bond acceptors (Lipinski definition) is 4. The summed E-state index contributed by atoms with van der Waals surface area (Å²) in [5.41, 5.74) is 0. The van der Waals surface area contributed by atoms with E-state index in [-0.39, 0.29) is 28.7 Å². The predicted molar refractivity (Wildman–Crippen MR) is 83.0 cm³/mol. The van der Waals surface area contributed by atoms with E-state index in [2.05, 4.69) is 9.89 Å². The van der Waals surface area contributed by atoms with Gasteiger partial charge in [0.2, 0.25) is 5.91 Å². The minimum atomic E-state index is -2.94. The Bertz CT molecular complexity index is 616. The second kappa shape index (κ2) is 4.72. The molecule has 5 nitrogen and oxygen atoms in total. The molecule has 2 aliphatic heterocycles. The number of fused-ring (bicyclic) bond motifs is 3. The van der Waals surface area contributed by atoms with Gasteiger partial charge >= 0.3 is 0 Å². The van der Waals surface area contributed by atoms with Crippen LogP contribution >= 0.6 is 11.8 Å². The third kappa shape index (κ3) is 2.32. The molecule has 2 saturated carbocycles. The molecule has 0 aromatic rings. The summed E-state index contributed by atoms with van der Waals surface area (Å²) >= 11 is 1.51. The van der Waals surface area contributed by atoms with Crippen molar-refractivity contribution in [2.45, 2.75) is 49.9 Å². The Morgan fingerprint density at radius 1 is 1.24 bits per heavy atom. The maximum Gasteiger partial charge on any atom is 0.244 e. The van der Waals surface area contributed by atoms with Crippen LogP contribution in [0, 0.1) is 11.8 Å². The monoisotopic (exact) mass is 328 g/mol. The van der Waals surface area contributed by atoms with Gasteiger partial charge < -0.3 is 4.90 Å². The van der Waals surface area contributed by atoms with Crippen LogP contribution in [0.2, 0.25) is 0 Å². The maximum atomic E-state index is 11.9. The van der Waals surface area contributed by atoms with Crippen molar-refractivity contribution in [1.29, 1.82) is 0 Å². The van der Waals surface area contributed by atoms with Crippen molar-refractivity contribution in [2.75, 3.05) is 11.5 Å². The highest BCUT2D eigenvalue weighted by Gasteiger charge is 2.54. The highest BCUT2D eigenvalue weighted by molar-refractivity contribution is 8.15. The Morgan fingerprint density at radius 2 is 2.05 bits per heavy atom. The molecule has 7 heteroatoms. The second-order valence-corrected chi connectivity index (χ2v) is 10.2. The molecule has 21 heavy (non-hydrogen) atoms. The number of sulfone groups is 1. The number of hydrogen-bond donors (Lipinski definition) is 0. The van der Waals surface area contributed by atoms with E-state index in [9.17, 15) is 13.2 Å². The zero-order valence-corrected chi connectivity index (χ0v) is 13.7. The van der Waals surface area contributed by atoms with Gasteiger partial charge in [0.25, 0.3) is 0 Å². The Labute approximate surface area is 129 Å². The minimum Gasteiger partial charge on any atom is -0.343 e. The van der Waals surface area contributed by atoms with E-state index in [1.54, 1.807) is 0 Å². The molecule has 5 atom stereocenters. The fourth-order valence-electron chi connectivity index (χ4n) is 4.67. The zero-order valence-electron chi connectivity index (χ0n) is 12.1. The van der Waals surface area contributed by atoms with Crippen LogP contribution in [0.5, 0.6) is 0 Å². The van der Waals surface area contributed by atoms with Gasteiger partial charge in [0, 0.05) is 18.2 Å². The number of aliphatic imine (C=N–C) groups is 1. The summed E-state index contributed by atoms with van der Waals surface area (Å²) in [5, 5.41) is 0.845. The lowest BCUT2D eigenvalue weighted by molar-refractivity contribution is -0.115. The molecule has 0 aromatic carbocycles. The number of carbonyl (C=O) groups is 1. The lowest BCUT2D eigenvalue weighted by Gasteiger charge is -2.36. The third-order valence-electron chi connectivity index (χ3n) is 5.42. The van der Waals surface area contributed by atoms with E-state index in [1.165, 1.54) is 37.9 Å². The van der Waals surface area contributed by atoms with Crippen molar-refractivity contribution in [3.8, 4) is 0 Å². The third-order valence-corrected chi connectivity index (χ3v) is 8.64. The van der Waals surface area contributed by atoms with Crippen LogP contribution in [0.25, 0.3) is 0 Å². The fraction of sp³-hybridized carbons (Fsp3) is 0.857. The SMILES string of the molecule is CC(=O)N=C1S[C@H]2CS(=O)(=O)C[C@@H]2N1[C@@H]1C[C@@H]2CC[C@@H]1C2. The molecule has 4 rings (SSSR count). The molecular weight excluding hydrogens is 308 g/mol. The summed E-state index contributed by atoms with van der Waals surface area (Å²) in [6.07, 6.45) is 4.97. The van der Waals surface area contributed by atoms with Gasteiger partial charge in [-0.05, 0) is 31.1 Å². The molecule has 4 fully saturated rings. The normalized spacial score (nSPS) is 45.5. The number of thioether (sulfide) groups is 1. The molecule has 0 aromatic heterocycles. The van der Waals surface area contributed by atoms with E-state index in [0.717, 1.165) is 17.5 Å². The number of rotatable bonds is 1. The van der Waals surface area contributed by atoms with E-state index in [4.69, 9.17) is 0 Å². The molecule has 116 valence electrons. The summed E-state index contributed by atoms with van der Waals surface area (Å²) in [6, 6.07) is 0.431. The first-order valence-electron chi connectivity index (χ1n) is 7.67. The number of carbonyl (C=O) groups excluding carboxylic acids is 1. The van der Waals surface area contributed by atoms with E-state index in [0.29, 0.717) is 12.0 Å². The summed E-state index contributed by atoms with van der Waals surface area (Å²) in [5.74, 6) is 1.73. The molecule has 4 aliphatic rings. The van der Waals surface area contributed by atoms with Gasteiger partial charge in [-0.25, -0.2) is 8.42 Å². The number of amidine groups is 1. The highest BCUT2D eigenvalue weighted by Crippen LogP contribution is 2.51. The quantitative estimate of drug-likeness (QED) is 0.726. The lowest BCUT2D eigenvalue weighted by atomic mass is 9.93. The first-order valence-corrected chi connectivity index (χ1v) is 10.4. The first-order chi connectivity index (χ1) is 9.93. The molecule has 2 saturated heterocycles. The Morgan fingerprint density at radius 3 is 2.67 bits per heavy atom. The maximum absolute atomic E-state index is 11.9. The van der Waals surface area contributed by atoms with Crippen LogP contribution < -0.4 is 0 Å². The molecule has 2 bridgehead atoms. The topological polar surface area (TPSA) is 66.8 Å². The summed E-state index contributed by atoms with van der Waals surface area (Å²) in [6.45, 7) is 1.47. The minimum absolute atomic E-state index is 0.0300. The Balaban J connectivity index is 1.67. The van der Waals surface area contributed by atoms with E-state index < -0.39 is 9.84 Å². The van der Waals surface area contributed by atoms with Crippen molar-refractivity contribution in [3.63, 3.8) is 0 Å². The Kier molecular flexibility index (Phi) is 3.16. The zero-order chi connectivity index (χ0) is 14.8. The van der Waals surface area contributed by atoms with Crippen molar-refractivity contribution >= 4 is 32.7 Å². The average molecular weight is 328 g/mol. The van der Waals surface area contributed by atoms with Crippen molar-refractivity contribution in [1.82, 2.24) is 4.90 Å². The number of nitrogens with zero attached hydrogens (tertiary/aromatic N) is 2. The summed E-state index contributed by atoms with van der Waals surface area (Å²) < 4.78 is 23.9. The average Bonchev–Trinajstić information content (AvgIpc) is 3.07. The van der Waals surface area contributed by atoms with Gasteiger partial charge in [-0.3, -0.25) is 4.79 Å². The molecule has 0 N–H and O–H groups in total. The fourth-order valence-corrected chi connectivity index (χ4v) is 8.68. The first kappa shape index (κ1) is 14.1. The van der Waals surface area contributed by atoms with Crippen LogP contribution in [-0.4, -0.2) is 53.2 Å². The molecular formula is C14H20N2O3S2. The van der Waals surface area contributed by atoms with Gasteiger partial charge in [0.05, 0.1) is 17.5 Å². The van der Waals surface area contributed by atoms with Crippen molar-refractivity contribution in [2.24, 2.45) is 16.8 Å². The smallest absolute Gasteiger partial charge is 0.244 e. The van der Waals surface area contributed by atoms with Crippen molar-refractivity contribution < 1.29 is 13.2 Å². The Hall–Kier alpha value is -0.560. The van der Waals surface area contributed by atoms with Crippen LogP contribution in [0.15, 0.2) is 4.99 Å². The van der Waals surface area contributed by atoms with Crippen LogP contribution in [0.3, 0.4) is 0 Å². The van der Waals surface area contributed by atoms with Gasteiger partial charge in [-0.1, -0.05) is 18.2 Å². The molecule has 0 unspecified atom stereocenters. The van der Waals surface area contributed by atoms with E-state index in [1.807, 2.05) is 0 Å². The molecule has 2 aliphatic carbocycles. The van der Waals surface area contributed by atoms with Crippen LogP contribution in [0.1, 0.15) is 32.6 Å². The van der Waals surface area contributed by atoms with Crippen LogP contribution in [0.4, 0.5) is 0 Å². The van der Waals surface area contributed by atoms with Gasteiger partial charge in [-0.2, -0.15) is 4.99 Å². The standard InChI is InChI=1S/C14H20N2O3S2/c1-8(17)15-14-16(11-5-9-2-3-10(11)4-9)12-6-21(18,19)7-13(12)20-14/h9-13H,2-7H2,1H3/t9-,10-,11-,12+,13+/m1/s1. The molecule has 2 heterocycles. The predicted octanol–water partition coefficient (Wildman–Crippen LogP) is 1.29. The molecule has 0 radical (unpaired) electrons. The van der Waals surface area contributed by atoms with Crippen LogP contribution in [-0.2, 0) is 14.6 Å². The largest absolute Gasteiger partial charge is 0.343 e. The molecule has 0 spiro atoms. The van der Waals surface area contributed by atoms with Gasteiger partial charge in [-0.15, -0.1) is 0 Å². The van der Waals surface area contributed by atoms with Gasteiger partial charge in [0.1, 0.15) is 0 Å². The summed E-state index contributed by atoms with van der Waals surface area (Å²) in [7, 11) is -2.94. The highest BCUT2D eigenvalue weighted by atomic mass is 32.2. The lowest BCUT2D eigenvalue weighted by Crippen LogP contribution is -2.47.